The minimum absolute atomic E-state index is 0.218. The summed E-state index contributed by atoms with van der Waals surface area (Å²) in [5, 5.41) is 3.29. The van der Waals surface area contributed by atoms with E-state index in [9.17, 15) is 14.4 Å². The summed E-state index contributed by atoms with van der Waals surface area (Å²) in [4.78, 5) is 35.4. The van der Waals surface area contributed by atoms with Gasteiger partial charge in [-0.2, -0.15) is 0 Å². The smallest absolute Gasteiger partial charge is 0.351 e. The van der Waals surface area contributed by atoms with Crippen LogP contribution in [0, 0.1) is 0 Å². The van der Waals surface area contributed by atoms with Gasteiger partial charge < -0.3 is 14.5 Å². The molecule has 0 aliphatic carbocycles. The molecule has 1 N–H and O–H groups in total. The molecule has 2 aromatic rings. The SMILES string of the molecule is CCCCCCNC(=O)COC(=O)c1cc2ccccc2oc1=O. The number of amides is 1. The molecule has 0 fully saturated rings. The fourth-order valence-corrected chi connectivity index (χ4v) is 2.24. The Hall–Kier alpha value is -2.63. The molecule has 0 aliphatic rings. The number of unbranched alkanes of at least 4 members (excludes halogenated alkanes) is 3. The van der Waals surface area contributed by atoms with Crippen LogP contribution in [0.1, 0.15) is 43.0 Å². The Labute approximate surface area is 139 Å². The fourth-order valence-electron chi connectivity index (χ4n) is 2.24. The van der Waals surface area contributed by atoms with Crippen molar-refractivity contribution in [3.05, 3.63) is 46.3 Å². The summed E-state index contributed by atoms with van der Waals surface area (Å²) in [7, 11) is 0. The molecule has 1 amide bonds. The number of carbonyl (C=O) groups is 2. The quantitative estimate of drug-likeness (QED) is 0.456. The van der Waals surface area contributed by atoms with E-state index in [4.69, 9.17) is 9.15 Å². The number of esters is 1. The molecule has 0 saturated carbocycles. The number of para-hydroxylation sites is 1. The number of fused-ring (bicyclic) bond motifs is 1. The van der Waals surface area contributed by atoms with E-state index >= 15 is 0 Å². The second-order valence-electron chi connectivity index (χ2n) is 5.47. The minimum Gasteiger partial charge on any atom is -0.452 e. The standard InChI is InChI=1S/C18H21NO5/c1-2-3-4-7-10-19-16(20)12-23-17(21)14-11-13-8-5-6-9-15(13)24-18(14)22/h5-6,8-9,11H,2-4,7,10,12H2,1H3,(H,19,20). The van der Waals surface area contributed by atoms with Crippen molar-refractivity contribution < 1.29 is 18.7 Å². The number of carbonyl (C=O) groups excluding carboxylic acids is 2. The number of ether oxygens (including phenoxy) is 1. The van der Waals surface area contributed by atoms with Crippen LogP contribution in [-0.4, -0.2) is 25.0 Å². The average Bonchev–Trinajstić information content (AvgIpc) is 2.59. The van der Waals surface area contributed by atoms with Crippen molar-refractivity contribution in [1.29, 1.82) is 0 Å². The van der Waals surface area contributed by atoms with Gasteiger partial charge in [-0.3, -0.25) is 4.79 Å². The number of rotatable bonds is 8. The molecular formula is C18H21NO5. The Morgan fingerprint density at radius 3 is 2.75 bits per heavy atom. The van der Waals surface area contributed by atoms with Crippen LogP contribution in [0.15, 0.2) is 39.5 Å². The van der Waals surface area contributed by atoms with Crippen LogP contribution < -0.4 is 10.9 Å². The van der Waals surface area contributed by atoms with E-state index in [1.165, 1.54) is 6.07 Å². The van der Waals surface area contributed by atoms with Crippen molar-refractivity contribution in [2.24, 2.45) is 0 Å². The zero-order valence-electron chi connectivity index (χ0n) is 13.7. The third-order valence-corrected chi connectivity index (χ3v) is 3.55. The highest BCUT2D eigenvalue weighted by Gasteiger charge is 2.16. The monoisotopic (exact) mass is 331 g/mol. The van der Waals surface area contributed by atoms with Gasteiger partial charge in [0.15, 0.2) is 6.61 Å². The molecule has 1 aromatic carbocycles. The molecule has 1 aromatic heterocycles. The summed E-state index contributed by atoms with van der Waals surface area (Å²) in [6, 6.07) is 8.26. The van der Waals surface area contributed by atoms with Gasteiger partial charge in [-0.1, -0.05) is 44.4 Å². The van der Waals surface area contributed by atoms with Gasteiger partial charge in [0, 0.05) is 11.9 Å². The molecule has 0 radical (unpaired) electrons. The Morgan fingerprint density at radius 2 is 1.96 bits per heavy atom. The highest BCUT2D eigenvalue weighted by atomic mass is 16.5. The predicted octanol–water partition coefficient (Wildman–Crippen LogP) is 2.65. The lowest BCUT2D eigenvalue weighted by Gasteiger charge is -2.06. The lowest BCUT2D eigenvalue weighted by molar-refractivity contribution is -0.124. The Balaban J connectivity index is 1.87. The highest BCUT2D eigenvalue weighted by molar-refractivity contribution is 5.94. The maximum atomic E-state index is 12.0. The van der Waals surface area contributed by atoms with E-state index in [0.29, 0.717) is 17.5 Å². The van der Waals surface area contributed by atoms with Crippen molar-refractivity contribution in [2.75, 3.05) is 13.2 Å². The van der Waals surface area contributed by atoms with E-state index in [2.05, 4.69) is 12.2 Å². The van der Waals surface area contributed by atoms with E-state index in [1.807, 2.05) is 0 Å². The van der Waals surface area contributed by atoms with Crippen molar-refractivity contribution >= 4 is 22.8 Å². The lowest BCUT2D eigenvalue weighted by atomic mass is 10.2. The summed E-state index contributed by atoms with van der Waals surface area (Å²) in [6.07, 6.45) is 4.19. The zero-order chi connectivity index (χ0) is 17.4. The first-order valence-corrected chi connectivity index (χ1v) is 8.08. The second kappa shape index (κ2) is 8.86. The average molecular weight is 331 g/mol. The topological polar surface area (TPSA) is 85.6 Å². The van der Waals surface area contributed by atoms with Gasteiger partial charge in [-0.15, -0.1) is 0 Å². The van der Waals surface area contributed by atoms with Gasteiger partial charge in [-0.05, 0) is 18.6 Å². The predicted molar refractivity (Wildman–Crippen MR) is 89.9 cm³/mol. The van der Waals surface area contributed by atoms with Gasteiger partial charge in [0.25, 0.3) is 5.91 Å². The summed E-state index contributed by atoms with van der Waals surface area (Å²) in [5.41, 5.74) is -0.605. The molecule has 2 rings (SSSR count). The van der Waals surface area contributed by atoms with Gasteiger partial charge in [-0.25, -0.2) is 9.59 Å². The maximum Gasteiger partial charge on any atom is 0.351 e. The first-order valence-electron chi connectivity index (χ1n) is 8.08. The lowest BCUT2D eigenvalue weighted by Crippen LogP contribution is -2.30. The van der Waals surface area contributed by atoms with E-state index < -0.39 is 18.2 Å². The Bertz CT molecular complexity index is 765. The fraction of sp³-hybridized carbons (Fsp3) is 0.389. The molecule has 6 heteroatoms. The summed E-state index contributed by atoms with van der Waals surface area (Å²) in [6.45, 7) is 2.24. The molecule has 0 bridgehead atoms. The van der Waals surface area contributed by atoms with Crippen molar-refractivity contribution in [2.45, 2.75) is 32.6 Å². The largest absolute Gasteiger partial charge is 0.452 e. The van der Waals surface area contributed by atoms with Crippen LogP contribution in [0.4, 0.5) is 0 Å². The first-order chi connectivity index (χ1) is 11.6. The molecule has 1 heterocycles. The third kappa shape index (κ3) is 4.94. The second-order valence-corrected chi connectivity index (χ2v) is 5.47. The van der Waals surface area contributed by atoms with E-state index in [0.717, 1.165) is 25.7 Å². The summed E-state index contributed by atoms with van der Waals surface area (Å²) >= 11 is 0. The third-order valence-electron chi connectivity index (χ3n) is 3.55. The Kier molecular flexibility index (Phi) is 6.54. The number of hydrogen-bond acceptors (Lipinski definition) is 5. The molecule has 0 unspecified atom stereocenters. The van der Waals surface area contributed by atoms with Gasteiger partial charge in [0.1, 0.15) is 11.1 Å². The van der Waals surface area contributed by atoms with Gasteiger partial charge >= 0.3 is 11.6 Å². The molecule has 0 aliphatic heterocycles. The molecular weight excluding hydrogens is 310 g/mol. The molecule has 0 spiro atoms. The molecule has 0 saturated heterocycles. The van der Waals surface area contributed by atoms with Crippen LogP contribution in [0.5, 0.6) is 0 Å². The Morgan fingerprint density at radius 1 is 1.17 bits per heavy atom. The minimum atomic E-state index is -0.865. The molecule has 128 valence electrons. The van der Waals surface area contributed by atoms with Crippen molar-refractivity contribution in [3.63, 3.8) is 0 Å². The number of benzene rings is 1. The summed E-state index contributed by atoms with van der Waals surface area (Å²) in [5.74, 6) is -1.25. The number of nitrogens with one attached hydrogen (secondary N) is 1. The first kappa shape index (κ1) is 17.7. The maximum absolute atomic E-state index is 12.0. The van der Waals surface area contributed by atoms with Gasteiger partial charge in [0.05, 0.1) is 0 Å². The van der Waals surface area contributed by atoms with E-state index in [-0.39, 0.29) is 11.5 Å². The molecule has 24 heavy (non-hydrogen) atoms. The molecule has 0 atom stereocenters. The van der Waals surface area contributed by atoms with E-state index in [1.54, 1.807) is 24.3 Å². The van der Waals surface area contributed by atoms with Crippen LogP contribution in [0.3, 0.4) is 0 Å². The van der Waals surface area contributed by atoms with Crippen LogP contribution in [-0.2, 0) is 9.53 Å². The van der Waals surface area contributed by atoms with Crippen LogP contribution in [0.2, 0.25) is 0 Å². The van der Waals surface area contributed by atoms with Crippen molar-refractivity contribution in [3.8, 4) is 0 Å². The highest BCUT2D eigenvalue weighted by Crippen LogP contribution is 2.13. The van der Waals surface area contributed by atoms with Gasteiger partial charge in [0.2, 0.25) is 0 Å². The van der Waals surface area contributed by atoms with Crippen molar-refractivity contribution in [1.82, 2.24) is 5.32 Å². The summed E-state index contributed by atoms with van der Waals surface area (Å²) < 4.78 is 9.95. The normalized spacial score (nSPS) is 10.5. The zero-order valence-corrected chi connectivity index (χ0v) is 13.7. The molecule has 6 nitrogen and oxygen atoms in total. The van der Waals surface area contributed by atoms with Crippen LogP contribution in [0.25, 0.3) is 11.0 Å². The van der Waals surface area contributed by atoms with Crippen LogP contribution >= 0.6 is 0 Å². The number of hydrogen-bond donors (Lipinski definition) is 1.